The molecule has 3 rings (SSSR count). The maximum Gasteiger partial charge on any atom is 0.291 e. The van der Waals surface area contributed by atoms with Crippen molar-refractivity contribution in [1.29, 1.82) is 0 Å². The van der Waals surface area contributed by atoms with Crippen molar-refractivity contribution in [3.63, 3.8) is 0 Å². The number of ether oxygens (including phenoxy) is 1. The van der Waals surface area contributed by atoms with Gasteiger partial charge in [0, 0.05) is 0 Å². The minimum absolute atomic E-state index is 0.0456. The summed E-state index contributed by atoms with van der Waals surface area (Å²) in [5.74, 6) is 0.482. The van der Waals surface area contributed by atoms with Crippen LogP contribution in [0.2, 0.25) is 5.02 Å². The number of furan rings is 1. The number of nitrogens with one attached hydrogen (secondary N) is 1. The smallest absolute Gasteiger partial charge is 0.291 e. The van der Waals surface area contributed by atoms with Gasteiger partial charge in [-0.1, -0.05) is 16.8 Å². The SMILES string of the molecule is Cc1noc(C)c1NC(=O)c1ccc(COc2ccc(F)cc2Cl)o1. The standard InChI is InChI=1S/C17H14ClFN2O4/c1-9-16(10(2)25-21-9)20-17(22)15-6-4-12(24-15)8-23-14-5-3-11(19)7-13(14)18/h3-7H,8H2,1-2H3,(H,20,22). The molecule has 0 aliphatic rings. The van der Waals surface area contributed by atoms with Crippen molar-refractivity contribution < 1.29 is 22.9 Å². The zero-order valence-electron chi connectivity index (χ0n) is 13.4. The summed E-state index contributed by atoms with van der Waals surface area (Å²) < 4.78 is 28.9. The minimum Gasteiger partial charge on any atom is -0.484 e. The van der Waals surface area contributed by atoms with Crippen LogP contribution in [-0.2, 0) is 6.61 Å². The van der Waals surface area contributed by atoms with Crippen LogP contribution < -0.4 is 10.1 Å². The Morgan fingerprint density at radius 1 is 1.32 bits per heavy atom. The quantitative estimate of drug-likeness (QED) is 0.720. The molecular formula is C17H14ClFN2O4. The van der Waals surface area contributed by atoms with Crippen LogP contribution in [-0.4, -0.2) is 11.1 Å². The molecule has 2 aromatic heterocycles. The van der Waals surface area contributed by atoms with Gasteiger partial charge in [0.25, 0.3) is 5.91 Å². The van der Waals surface area contributed by atoms with E-state index in [1.807, 2.05) is 0 Å². The first-order valence-corrected chi connectivity index (χ1v) is 7.72. The lowest BCUT2D eigenvalue weighted by Crippen LogP contribution is -2.12. The maximum absolute atomic E-state index is 13.0. The molecule has 1 aromatic carbocycles. The molecule has 6 nitrogen and oxygen atoms in total. The van der Waals surface area contributed by atoms with Crippen LogP contribution in [0.25, 0.3) is 0 Å². The number of aromatic nitrogens is 1. The molecule has 2 heterocycles. The molecule has 0 saturated heterocycles. The van der Waals surface area contributed by atoms with Crippen molar-refractivity contribution in [3.8, 4) is 5.75 Å². The van der Waals surface area contributed by atoms with E-state index in [9.17, 15) is 9.18 Å². The Morgan fingerprint density at radius 3 is 2.80 bits per heavy atom. The summed E-state index contributed by atoms with van der Waals surface area (Å²) in [7, 11) is 0. The van der Waals surface area contributed by atoms with Crippen LogP contribution in [0, 0.1) is 19.7 Å². The summed E-state index contributed by atoms with van der Waals surface area (Å²) in [5, 5.41) is 6.61. The Labute approximate surface area is 147 Å². The highest BCUT2D eigenvalue weighted by atomic mass is 35.5. The largest absolute Gasteiger partial charge is 0.484 e. The molecule has 1 amide bonds. The van der Waals surface area contributed by atoms with E-state index in [1.165, 1.54) is 18.2 Å². The van der Waals surface area contributed by atoms with E-state index in [0.29, 0.717) is 28.7 Å². The Hall–Kier alpha value is -2.80. The van der Waals surface area contributed by atoms with Crippen molar-refractivity contribution in [1.82, 2.24) is 5.16 Å². The highest BCUT2D eigenvalue weighted by molar-refractivity contribution is 6.32. The highest BCUT2D eigenvalue weighted by Crippen LogP contribution is 2.26. The molecule has 3 aromatic rings. The number of aryl methyl sites for hydroxylation is 2. The van der Waals surface area contributed by atoms with Gasteiger partial charge < -0.3 is 19.0 Å². The van der Waals surface area contributed by atoms with Gasteiger partial charge in [0.1, 0.15) is 35.3 Å². The van der Waals surface area contributed by atoms with Gasteiger partial charge in [0.2, 0.25) is 0 Å². The Balaban J connectivity index is 1.65. The van der Waals surface area contributed by atoms with E-state index >= 15 is 0 Å². The third-order valence-electron chi connectivity index (χ3n) is 3.42. The van der Waals surface area contributed by atoms with Crippen molar-refractivity contribution >= 4 is 23.2 Å². The van der Waals surface area contributed by atoms with Crippen LogP contribution in [0.4, 0.5) is 10.1 Å². The lowest BCUT2D eigenvalue weighted by Gasteiger charge is -2.06. The van der Waals surface area contributed by atoms with E-state index in [0.717, 1.165) is 6.07 Å². The predicted octanol–water partition coefficient (Wildman–Crippen LogP) is 4.51. The fourth-order valence-corrected chi connectivity index (χ4v) is 2.38. The molecule has 0 radical (unpaired) electrons. The van der Waals surface area contributed by atoms with Gasteiger partial charge in [0.15, 0.2) is 11.5 Å². The van der Waals surface area contributed by atoms with Gasteiger partial charge in [-0.05, 0) is 44.2 Å². The molecule has 130 valence electrons. The minimum atomic E-state index is -0.450. The van der Waals surface area contributed by atoms with Crippen molar-refractivity contribution in [2.75, 3.05) is 5.32 Å². The van der Waals surface area contributed by atoms with Crippen molar-refractivity contribution in [2.45, 2.75) is 20.5 Å². The average molecular weight is 365 g/mol. The molecule has 0 aliphatic heterocycles. The molecule has 8 heteroatoms. The summed E-state index contributed by atoms with van der Waals surface area (Å²) in [6.45, 7) is 3.47. The molecule has 0 unspecified atom stereocenters. The van der Waals surface area contributed by atoms with Gasteiger partial charge in [-0.2, -0.15) is 0 Å². The van der Waals surface area contributed by atoms with E-state index in [4.69, 9.17) is 25.3 Å². The summed E-state index contributed by atoms with van der Waals surface area (Å²) in [5.41, 5.74) is 1.09. The second-order valence-corrected chi connectivity index (χ2v) is 5.69. The van der Waals surface area contributed by atoms with Crippen LogP contribution in [0.15, 0.2) is 39.3 Å². The number of anilines is 1. The number of hydrogen-bond acceptors (Lipinski definition) is 5. The maximum atomic E-state index is 13.0. The number of nitrogens with zero attached hydrogens (tertiary/aromatic N) is 1. The molecule has 0 bridgehead atoms. The molecule has 0 saturated carbocycles. The fraction of sp³-hybridized carbons (Fsp3) is 0.176. The third-order valence-corrected chi connectivity index (χ3v) is 3.72. The summed E-state index contributed by atoms with van der Waals surface area (Å²) >= 11 is 5.89. The zero-order chi connectivity index (χ0) is 18.0. The Kier molecular flexibility index (Phi) is 4.76. The summed E-state index contributed by atoms with van der Waals surface area (Å²) in [6.07, 6.45) is 0. The van der Waals surface area contributed by atoms with Gasteiger partial charge in [-0.3, -0.25) is 4.79 Å². The second-order valence-electron chi connectivity index (χ2n) is 5.28. The molecule has 1 N–H and O–H groups in total. The topological polar surface area (TPSA) is 77.5 Å². The molecule has 0 fully saturated rings. The monoisotopic (exact) mass is 364 g/mol. The van der Waals surface area contributed by atoms with Crippen molar-refractivity contribution in [3.05, 3.63) is 64.1 Å². The fourth-order valence-electron chi connectivity index (χ4n) is 2.16. The number of carbonyl (C=O) groups is 1. The average Bonchev–Trinajstić information content (AvgIpc) is 3.16. The number of halogens is 2. The lowest BCUT2D eigenvalue weighted by atomic mass is 10.3. The van der Waals surface area contributed by atoms with Gasteiger partial charge in [0.05, 0.1) is 5.02 Å². The highest BCUT2D eigenvalue weighted by Gasteiger charge is 2.17. The first-order chi connectivity index (χ1) is 11.9. The normalized spacial score (nSPS) is 10.7. The predicted molar refractivity (Wildman–Crippen MR) is 88.4 cm³/mol. The van der Waals surface area contributed by atoms with E-state index < -0.39 is 11.7 Å². The van der Waals surface area contributed by atoms with Crippen LogP contribution in [0.5, 0.6) is 5.75 Å². The number of rotatable bonds is 5. The van der Waals surface area contributed by atoms with E-state index in [2.05, 4.69) is 10.5 Å². The lowest BCUT2D eigenvalue weighted by molar-refractivity contribution is 0.0992. The summed E-state index contributed by atoms with van der Waals surface area (Å²) in [4.78, 5) is 12.2. The second kappa shape index (κ2) is 6.98. The third kappa shape index (κ3) is 3.83. The van der Waals surface area contributed by atoms with E-state index in [-0.39, 0.29) is 17.4 Å². The molecule has 0 aliphatic carbocycles. The summed E-state index contributed by atoms with van der Waals surface area (Å²) in [6, 6.07) is 6.96. The van der Waals surface area contributed by atoms with Crippen LogP contribution in [0.3, 0.4) is 0 Å². The number of amides is 1. The molecule has 25 heavy (non-hydrogen) atoms. The first kappa shape index (κ1) is 17.0. The number of hydrogen-bond donors (Lipinski definition) is 1. The van der Waals surface area contributed by atoms with Gasteiger partial charge >= 0.3 is 0 Å². The van der Waals surface area contributed by atoms with Crippen molar-refractivity contribution in [2.24, 2.45) is 0 Å². The molecular weight excluding hydrogens is 351 g/mol. The zero-order valence-corrected chi connectivity index (χ0v) is 14.2. The van der Waals surface area contributed by atoms with E-state index in [1.54, 1.807) is 19.9 Å². The number of carbonyl (C=O) groups excluding carboxylic acids is 1. The molecule has 0 atom stereocenters. The van der Waals surface area contributed by atoms with Crippen LogP contribution >= 0.6 is 11.6 Å². The number of benzene rings is 1. The van der Waals surface area contributed by atoms with Gasteiger partial charge in [-0.25, -0.2) is 4.39 Å². The Bertz CT molecular complexity index is 900. The van der Waals surface area contributed by atoms with Gasteiger partial charge in [-0.15, -0.1) is 0 Å². The first-order valence-electron chi connectivity index (χ1n) is 7.35. The Morgan fingerprint density at radius 2 is 2.12 bits per heavy atom. The van der Waals surface area contributed by atoms with Crippen LogP contribution in [0.1, 0.15) is 27.8 Å². The molecule has 0 spiro atoms.